The van der Waals surface area contributed by atoms with Crippen LogP contribution in [0.3, 0.4) is 0 Å². The van der Waals surface area contributed by atoms with E-state index in [0.717, 1.165) is 38.2 Å². The molecular formula is C20H26N4O. The number of para-hydroxylation sites is 1. The molecule has 5 nitrogen and oxygen atoms in total. The molecule has 0 saturated carbocycles. The number of pyridine rings is 1. The molecule has 2 heterocycles. The second kappa shape index (κ2) is 8.12. The van der Waals surface area contributed by atoms with E-state index in [4.69, 9.17) is 0 Å². The van der Waals surface area contributed by atoms with E-state index in [0.29, 0.717) is 12.2 Å². The van der Waals surface area contributed by atoms with Crippen molar-refractivity contribution < 1.29 is 4.79 Å². The highest BCUT2D eigenvalue weighted by atomic mass is 16.1. The first-order chi connectivity index (χ1) is 12.1. The monoisotopic (exact) mass is 338 g/mol. The average molecular weight is 338 g/mol. The molecule has 25 heavy (non-hydrogen) atoms. The summed E-state index contributed by atoms with van der Waals surface area (Å²) in [5, 5.41) is 2.96. The van der Waals surface area contributed by atoms with Gasteiger partial charge in [0.05, 0.1) is 0 Å². The van der Waals surface area contributed by atoms with Gasteiger partial charge in [-0.3, -0.25) is 4.79 Å². The molecule has 1 N–H and O–H groups in total. The summed E-state index contributed by atoms with van der Waals surface area (Å²) in [6.45, 7) is 2.55. The maximum Gasteiger partial charge on any atom is 0.269 e. The van der Waals surface area contributed by atoms with Crippen molar-refractivity contribution in [3.8, 4) is 0 Å². The minimum absolute atomic E-state index is 0.106. The minimum atomic E-state index is -0.106. The van der Waals surface area contributed by atoms with E-state index in [2.05, 4.69) is 44.4 Å². The van der Waals surface area contributed by atoms with Gasteiger partial charge in [0.1, 0.15) is 11.5 Å². The van der Waals surface area contributed by atoms with Gasteiger partial charge in [-0.2, -0.15) is 0 Å². The van der Waals surface area contributed by atoms with Gasteiger partial charge in [0.2, 0.25) is 0 Å². The Bertz CT molecular complexity index is 729. The predicted molar refractivity (Wildman–Crippen MR) is 102 cm³/mol. The van der Waals surface area contributed by atoms with E-state index < -0.39 is 0 Å². The molecule has 0 fully saturated rings. The number of rotatable bonds is 6. The summed E-state index contributed by atoms with van der Waals surface area (Å²) in [7, 11) is 4.06. The zero-order chi connectivity index (χ0) is 17.6. The maximum atomic E-state index is 12.4. The smallest absolute Gasteiger partial charge is 0.269 e. The molecule has 0 unspecified atom stereocenters. The molecule has 2 aromatic rings. The van der Waals surface area contributed by atoms with Gasteiger partial charge >= 0.3 is 0 Å². The number of aromatic nitrogens is 1. The lowest BCUT2D eigenvalue weighted by Crippen LogP contribution is -2.29. The average Bonchev–Trinajstić information content (AvgIpc) is 2.64. The molecule has 1 aromatic carbocycles. The third-order valence-corrected chi connectivity index (χ3v) is 4.42. The maximum absolute atomic E-state index is 12.4. The zero-order valence-electron chi connectivity index (χ0n) is 15.0. The number of nitrogens with zero attached hydrogens (tertiary/aromatic N) is 3. The summed E-state index contributed by atoms with van der Waals surface area (Å²) in [5.41, 5.74) is 3.02. The first-order valence-corrected chi connectivity index (χ1v) is 8.90. The summed E-state index contributed by atoms with van der Waals surface area (Å²) in [6.07, 6.45) is 3.12. The first kappa shape index (κ1) is 17.4. The normalized spacial score (nSPS) is 13.6. The van der Waals surface area contributed by atoms with E-state index in [1.54, 1.807) is 6.07 Å². The van der Waals surface area contributed by atoms with E-state index in [1.165, 1.54) is 11.3 Å². The summed E-state index contributed by atoms with van der Waals surface area (Å²) in [4.78, 5) is 21.3. The highest BCUT2D eigenvalue weighted by molar-refractivity contribution is 5.92. The number of anilines is 2. The molecule has 0 radical (unpaired) electrons. The fourth-order valence-corrected chi connectivity index (χ4v) is 3.16. The van der Waals surface area contributed by atoms with Gasteiger partial charge in [-0.05, 0) is 63.7 Å². The Morgan fingerprint density at radius 2 is 2.04 bits per heavy atom. The molecule has 1 aromatic heterocycles. The molecule has 0 atom stereocenters. The third-order valence-electron chi connectivity index (χ3n) is 4.42. The summed E-state index contributed by atoms with van der Waals surface area (Å²) < 4.78 is 0. The van der Waals surface area contributed by atoms with Gasteiger partial charge in [0.15, 0.2) is 0 Å². The Morgan fingerprint density at radius 1 is 1.20 bits per heavy atom. The van der Waals surface area contributed by atoms with Crippen LogP contribution in [-0.4, -0.2) is 49.5 Å². The molecule has 1 aliphatic rings. The van der Waals surface area contributed by atoms with Gasteiger partial charge in [-0.25, -0.2) is 4.98 Å². The first-order valence-electron chi connectivity index (χ1n) is 8.90. The molecule has 0 saturated heterocycles. The second-order valence-electron chi connectivity index (χ2n) is 6.68. The number of aryl methyl sites for hydroxylation is 1. The van der Waals surface area contributed by atoms with Crippen LogP contribution in [0.15, 0.2) is 42.5 Å². The van der Waals surface area contributed by atoms with Crippen molar-refractivity contribution in [1.29, 1.82) is 0 Å². The van der Waals surface area contributed by atoms with Crippen LogP contribution >= 0.6 is 0 Å². The Kier molecular flexibility index (Phi) is 5.66. The SMILES string of the molecule is CN(C)CCCNC(=O)c1cccc(N2CCCc3ccccc32)n1. The van der Waals surface area contributed by atoms with Gasteiger partial charge in [-0.15, -0.1) is 0 Å². The van der Waals surface area contributed by atoms with E-state index >= 15 is 0 Å². The van der Waals surface area contributed by atoms with Gasteiger partial charge in [-0.1, -0.05) is 24.3 Å². The largest absolute Gasteiger partial charge is 0.351 e. The molecule has 0 bridgehead atoms. The lowest BCUT2D eigenvalue weighted by Gasteiger charge is -2.30. The molecule has 0 spiro atoms. The lowest BCUT2D eigenvalue weighted by atomic mass is 10.0. The number of fused-ring (bicyclic) bond motifs is 1. The van der Waals surface area contributed by atoms with Gasteiger partial charge in [0.25, 0.3) is 5.91 Å². The minimum Gasteiger partial charge on any atom is -0.351 e. The van der Waals surface area contributed by atoms with Crippen molar-refractivity contribution in [1.82, 2.24) is 15.2 Å². The van der Waals surface area contributed by atoms with Crippen LogP contribution < -0.4 is 10.2 Å². The predicted octanol–water partition coefficient (Wildman–Crippen LogP) is 2.85. The lowest BCUT2D eigenvalue weighted by molar-refractivity contribution is 0.0947. The third kappa shape index (κ3) is 4.37. The van der Waals surface area contributed by atoms with Crippen molar-refractivity contribution in [3.05, 3.63) is 53.7 Å². The number of hydrogen-bond donors (Lipinski definition) is 1. The molecular weight excluding hydrogens is 312 g/mol. The number of carbonyl (C=O) groups excluding carboxylic acids is 1. The Morgan fingerprint density at radius 3 is 2.88 bits per heavy atom. The molecule has 5 heteroatoms. The van der Waals surface area contributed by atoms with Crippen molar-refractivity contribution in [2.24, 2.45) is 0 Å². The summed E-state index contributed by atoms with van der Waals surface area (Å²) in [6, 6.07) is 14.1. The molecule has 1 aliphatic heterocycles. The topological polar surface area (TPSA) is 48.5 Å². The quantitative estimate of drug-likeness (QED) is 0.823. The second-order valence-corrected chi connectivity index (χ2v) is 6.68. The number of carbonyl (C=O) groups is 1. The van der Waals surface area contributed by atoms with Gasteiger partial charge < -0.3 is 15.1 Å². The highest BCUT2D eigenvalue weighted by Crippen LogP contribution is 2.32. The van der Waals surface area contributed by atoms with E-state index in [1.807, 2.05) is 26.2 Å². The molecule has 3 rings (SSSR count). The highest BCUT2D eigenvalue weighted by Gasteiger charge is 2.19. The number of nitrogens with one attached hydrogen (secondary N) is 1. The Labute approximate surface area is 149 Å². The molecule has 132 valence electrons. The standard InChI is InChI=1S/C20H26N4O/c1-23(2)14-7-13-21-20(25)17-10-5-12-19(22-17)24-15-6-9-16-8-3-4-11-18(16)24/h3-5,8,10-12H,6-7,9,13-15H2,1-2H3,(H,21,25). The van der Waals surface area contributed by atoms with Crippen molar-refractivity contribution >= 4 is 17.4 Å². The van der Waals surface area contributed by atoms with Gasteiger partial charge in [0, 0.05) is 18.8 Å². The van der Waals surface area contributed by atoms with Crippen LogP contribution in [0.2, 0.25) is 0 Å². The van der Waals surface area contributed by atoms with Crippen molar-refractivity contribution in [2.45, 2.75) is 19.3 Å². The van der Waals surface area contributed by atoms with Crippen molar-refractivity contribution in [3.63, 3.8) is 0 Å². The van der Waals surface area contributed by atoms with Crippen LogP contribution in [0.1, 0.15) is 28.9 Å². The number of benzene rings is 1. The fourth-order valence-electron chi connectivity index (χ4n) is 3.16. The zero-order valence-corrected chi connectivity index (χ0v) is 15.0. The van der Waals surface area contributed by atoms with Crippen LogP contribution in [0.4, 0.5) is 11.5 Å². The molecule has 0 aliphatic carbocycles. The summed E-state index contributed by atoms with van der Waals surface area (Å²) >= 11 is 0. The number of hydrogen-bond acceptors (Lipinski definition) is 4. The number of amides is 1. The van der Waals surface area contributed by atoms with Crippen LogP contribution in [0, 0.1) is 0 Å². The summed E-state index contributed by atoms with van der Waals surface area (Å²) in [5.74, 6) is 0.735. The van der Waals surface area contributed by atoms with E-state index in [-0.39, 0.29) is 5.91 Å². The van der Waals surface area contributed by atoms with E-state index in [9.17, 15) is 4.79 Å². The fraction of sp³-hybridized carbons (Fsp3) is 0.400. The van der Waals surface area contributed by atoms with Crippen LogP contribution in [0.5, 0.6) is 0 Å². The van der Waals surface area contributed by atoms with Crippen LogP contribution in [0.25, 0.3) is 0 Å². The van der Waals surface area contributed by atoms with Crippen molar-refractivity contribution in [2.75, 3.05) is 38.6 Å². The molecule has 1 amide bonds. The Hall–Kier alpha value is -2.40. The van der Waals surface area contributed by atoms with Crippen LogP contribution in [-0.2, 0) is 6.42 Å². The Balaban J connectivity index is 1.71.